The minimum absolute atomic E-state index is 0.182. The van der Waals surface area contributed by atoms with Gasteiger partial charge in [0.25, 0.3) is 11.8 Å². The smallest absolute Gasteiger partial charge is 0.262 e. The summed E-state index contributed by atoms with van der Waals surface area (Å²) in [6.07, 6.45) is 0. The predicted octanol–water partition coefficient (Wildman–Crippen LogP) is 3.14. The Morgan fingerprint density at radius 2 is 1.24 bits per heavy atom. The Balaban J connectivity index is 1.47. The maximum atomic E-state index is 12.3. The van der Waals surface area contributed by atoms with Crippen LogP contribution in [0.3, 0.4) is 0 Å². The highest BCUT2D eigenvalue weighted by atomic mass is 16.5. The van der Waals surface area contributed by atoms with Gasteiger partial charge in [-0.2, -0.15) is 10.5 Å². The van der Waals surface area contributed by atoms with E-state index in [1.165, 1.54) is 0 Å². The quantitative estimate of drug-likeness (QED) is 0.527. The number of carbonyl (C=O) groups is 2. The second-order valence-corrected chi connectivity index (χ2v) is 6.83. The van der Waals surface area contributed by atoms with Crippen molar-refractivity contribution in [3.63, 3.8) is 0 Å². The zero-order valence-corrected chi connectivity index (χ0v) is 17.6. The fraction of sp³-hybridized carbons (Fsp3) is 0.120. The van der Waals surface area contributed by atoms with Crippen LogP contribution in [0.25, 0.3) is 0 Å². The number of rotatable bonds is 9. The van der Waals surface area contributed by atoms with E-state index in [1.54, 1.807) is 72.8 Å². The number of nitrogens with one attached hydrogen (secondary N) is 2. The van der Waals surface area contributed by atoms with Crippen molar-refractivity contribution in [1.29, 1.82) is 10.5 Å². The topological polar surface area (TPSA) is 124 Å². The molecule has 8 heteroatoms. The van der Waals surface area contributed by atoms with Gasteiger partial charge in [-0.3, -0.25) is 9.59 Å². The number of carbonyl (C=O) groups excluding carboxylic acids is 2. The van der Waals surface area contributed by atoms with Crippen molar-refractivity contribution in [1.82, 2.24) is 5.32 Å². The lowest BCUT2D eigenvalue weighted by Gasteiger charge is -2.13. The average molecular weight is 440 g/mol. The monoisotopic (exact) mass is 440 g/mol. The molecule has 3 aromatic rings. The molecule has 33 heavy (non-hydrogen) atoms. The van der Waals surface area contributed by atoms with Crippen LogP contribution in [-0.2, 0) is 16.1 Å². The molecule has 0 aromatic heterocycles. The van der Waals surface area contributed by atoms with E-state index in [1.807, 2.05) is 12.1 Å². The zero-order valence-electron chi connectivity index (χ0n) is 17.6. The van der Waals surface area contributed by atoms with Crippen LogP contribution in [0.5, 0.6) is 11.5 Å². The van der Waals surface area contributed by atoms with Gasteiger partial charge in [0.15, 0.2) is 13.2 Å². The van der Waals surface area contributed by atoms with Crippen molar-refractivity contribution in [2.24, 2.45) is 0 Å². The standard InChI is InChI=1S/C25H20N4O4/c26-13-18-5-9-21(10-6-18)32-16-24(30)28-15-20-3-1-2-4-23(20)29-25(31)17-33-22-11-7-19(14-27)8-12-22/h1-12H,15-17H2,(H,28,30)(H,29,31). The highest BCUT2D eigenvalue weighted by Crippen LogP contribution is 2.16. The molecule has 0 aliphatic carbocycles. The summed E-state index contributed by atoms with van der Waals surface area (Å²) in [5.74, 6) is 0.276. The summed E-state index contributed by atoms with van der Waals surface area (Å²) < 4.78 is 10.9. The molecule has 0 heterocycles. The molecule has 0 atom stereocenters. The highest BCUT2D eigenvalue weighted by molar-refractivity contribution is 5.92. The number of hydrogen-bond donors (Lipinski definition) is 2. The first-order valence-corrected chi connectivity index (χ1v) is 9.98. The molecule has 0 fully saturated rings. The van der Waals surface area contributed by atoms with Gasteiger partial charge >= 0.3 is 0 Å². The highest BCUT2D eigenvalue weighted by Gasteiger charge is 2.09. The number of anilines is 1. The third-order valence-corrected chi connectivity index (χ3v) is 4.47. The predicted molar refractivity (Wildman–Crippen MR) is 120 cm³/mol. The van der Waals surface area contributed by atoms with Gasteiger partial charge in [-0.1, -0.05) is 18.2 Å². The van der Waals surface area contributed by atoms with Gasteiger partial charge in [-0.05, 0) is 60.2 Å². The van der Waals surface area contributed by atoms with E-state index >= 15 is 0 Å². The van der Waals surface area contributed by atoms with Crippen LogP contribution in [0.1, 0.15) is 16.7 Å². The maximum Gasteiger partial charge on any atom is 0.262 e. The van der Waals surface area contributed by atoms with E-state index in [2.05, 4.69) is 10.6 Å². The maximum absolute atomic E-state index is 12.3. The molecule has 3 aromatic carbocycles. The molecule has 2 N–H and O–H groups in total. The number of para-hydroxylation sites is 1. The third kappa shape index (κ3) is 7.12. The number of ether oxygens (including phenoxy) is 2. The molecule has 2 amide bonds. The Labute approximate surface area is 191 Å². The first-order valence-electron chi connectivity index (χ1n) is 9.98. The fourth-order valence-corrected chi connectivity index (χ4v) is 2.78. The largest absolute Gasteiger partial charge is 0.484 e. The molecule has 0 spiro atoms. The average Bonchev–Trinajstić information content (AvgIpc) is 2.86. The Hall–Kier alpha value is -4.82. The van der Waals surface area contributed by atoms with E-state index in [0.717, 1.165) is 5.56 Å². The summed E-state index contributed by atoms with van der Waals surface area (Å²) in [5, 5.41) is 23.1. The summed E-state index contributed by atoms with van der Waals surface area (Å²) >= 11 is 0. The zero-order chi connectivity index (χ0) is 23.5. The van der Waals surface area contributed by atoms with Crippen molar-refractivity contribution >= 4 is 17.5 Å². The van der Waals surface area contributed by atoms with Gasteiger partial charge < -0.3 is 20.1 Å². The summed E-state index contributed by atoms with van der Waals surface area (Å²) in [6, 6.07) is 24.0. The van der Waals surface area contributed by atoms with Gasteiger partial charge in [0.05, 0.1) is 23.3 Å². The molecule has 164 valence electrons. The summed E-state index contributed by atoms with van der Waals surface area (Å²) in [7, 11) is 0. The SMILES string of the molecule is N#Cc1ccc(OCC(=O)NCc2ccccc2NC(=O)COc2ccc(C#N)cc2)cc1. The van der Waals surface area contributed by atoms with Crippen LogP contribution in [-0.4, -0.2) is 25.0 Å². The number of nitriles is 2. The van der Waals surface area contributed by atoms with Crippen LogP contribution in [0.15, 0.2) is 72.8 Å². The van der Waals surface area contributed by atoms with E-state index < -0.39 is 0 Å². The molecule has 0 bridgehead atoms. The van der Waals surface area contributed by atoms with Crippen LogP contribution >= 0.6 is 0 Å². The van der Waals surface area contributed by atoms with Crippen molar-refractivity contribution in [3.05, 3.63) is 89.5 Å². The lowest BCUT2D eigenvalue weighted by Crippen LogP contribution is -2.29. The van der Waals surface area contributed by atoms with Crippen molar-refractivity contribution in [2.45, 2.75) is 6.54 Å². The van der Waals surface area contributed by atoms with E-state index in [-0.39, 0.29) is 31.6 Å². The molecule has 8 nitrogen and oxygen atoms in total. The summed E-state index contributed by atoms with van der Waals surface area (Å²) in [5.41, 5.74) is 2.29. The fourth-order valence-electron chi connectivity index (χ4n) is 2.78. The molecular weight excluding hydrogens is 420 g/mol. The molecule has 0 aliphatic rings. The molecular formula is C25H20N4O4. The Kier molecular flexibility index (Phi) is 7.99. The van der Waals surface area contributed by atoms with Gasteiger partial charge in [0.2, 0.25) is 0 Å². The number of hydrogen-bond acceptors (Lipinski definition) is 6. The van der Waals surface area contributed by atoms with Gasteiger partial charge in [0.1, 0.15) is 11.5 Å². The van der Waals surface area contributed by atoms with Crippen LogP contribution in [0.2, 0.25) is 0 Å². The third-order valence-electron chi connectivity index (χ3n) is 4.47. The second-order valence-electron chi connectivity index (χ2n) is 6.83. The second kappa shape index (κ2) is 11.5. The molecule has 3 rings (SSSR count). The number of amides is 2. The number of nitrogens with zero attached hydrogens (tertiary/aromatic N) is 2. The van der Waals surface area contributed by atoms with E-state index in [4.69, 9.17) is 20.0 Å². The first-order chi connectivity index (χ1) is 16.1. The van der Waals surface area contributed by atoms with Gasteiger partial charge in [-0.25, -0.2) is 0 Å². The normalized spacial score (nSPS) is 9.76. The minimum Gasteiger partial charge on any atom is -0.484 e. The lowest BCUT2D eigenvalue weighted by molar-refractivity contribution is -0.123. The molecule has 0 saturated heterocycles. The van der Waals surface area contributed by atoms with E-state index in [0.29, 0.717) is 28.3 Å². The molecule has 0 unspecified atom stereocenters. The van der Waals surface area contributed by atoms with Gasteiger partial charge in [0, 0.05) is 12.2 Å². The molecule has 0 saturated carbocycles. The molecule has 0 aliphatic heterocycles. The van der Waals surface area contributed by atoms with Gasteiger partial charge in [-0.15, -0.1) is 0 Å². The summed E-state index contributed by atoms with van der Waals surface area (Å²) in [4.78, 5) is 24.4. The van der Waals surface area contributed by atoms with Crippen LogP contribution in [0.4, 0.5) is 5.69 Å². The minimum atomic E-state index is -0.359. The van der Waals surface area contributed by atoms with E-state index in [9.17, 15) is 9.59 Å². The Morgan fingerprint density at radius 1 is 0.727 bits per heavy atom. The van der Waals surface area contributed by atoms with Crippen LogP contribution < -0.4 is 20.1 Å². The Bertz CT molecular complexity index is 1190. The molecule has 0 radical (unpaired) electrons. The number of benzene rings is 3. The Morgan fingerprint density at radius 3 is 1.79 bits per heavy atom. The lowest BCUT2D eigenvalue weighted by atomic mass is 10.1. The van der Waals surface area contributed by atoms with Crippen molar-refractivity contribution < 1.29 is 19.1 Å². The van der Waals surface area contributed by atoms with Crippen molar-refractivity contribution in [2.75, 3.05) is 18.5 Å². The summed E-state index contributed by atoms with van der Waals surface area (Å²) in [6.45, 7) is -0.188. The van der Waals surface area contributed by atoms with Crippen LogP contribution in [0, 0.1) is 22.7 Å². The first kappa shape index (κ1) is 22.9. The van der Waals surface area contributed by atoms with Crippen molar-refractivity contribution in [3.8, 4) is 23.6 Å².